The van der Waals surface area contributed by atoms with Gasteiger partial charge in [0.2, 0.25) is 0 Å². The van der Waals surface area contributed by atoms with Crippen LogP contribution in [0.15, 0.2) is 23.1 Å². The lowest BCUT2D eigenvalue weighted by Crippen LogP contribution is -2.26. The van der Waals surface area contributed by atoms with Crippen LogP contribution in [0.4, 0.5) is 0 Å². The Kier molecular flexibility index (Phi) is 2.91. The fourth-order valence-corrected chi connectivity index (χ4v) is 1.71. The van der Waals surface area contributed by atoms with Crippen LogP contribution in [0.3, 0.4) is 0 Å². The van der Waals surface area contributed by atoms with Gasteiger partial charge in [-0.15, -0.1) is 0 Å². The van der Waals surface area contributed by atoms with Crippen LogP contribution in [0.5, 0.6) is 0 Å². The van der Waals surface area contributed by atoms with Crippen molar-refractivity contribution in [2.24, 2.45) is 0 Å². The Bertz CT molecular complexity index is 325. The molecule has 0 aliphatic carbocycles. The summed E-state index contributed by atoms with van der Waals surface area (Å²) in [7, 11) is 0. The number of aromatic amines is 1. The Morgan fingerprint density at radius 2 is 2.15 bits per heavy atom. The molecule has 0 amide bonds. The van der Waals surface area contributed by atoms with Gasteiger partial charge in [-0.25, -0.2) is 0 Å². The molecule has 0 aliphatic heterocycles. The minimum Gasteiger partial charge on any atom is -0.329 e. The van der Waals surface area contributed by atoms with Gasteiger partial charge in [0.05, 0.1) is 0 Å². The second-order valence-corrected chi connectivity index (χ2v) is 4.05. The van der Waals surface area contributed by atoms with E-state index in [0.29, 0.717) is 0 Å². The number of hydrogen-bond acceptors (Lipinski definition) is 1. The molecule has 0 fully saturated rings. The standard InChI is InChI=1S/C11H17NO/c1-4-7-11(2,3)9-6-5-8-12-10(9)13/h5-6,8H,4,7H2,1-3H3,(H,12,13). The van der Waals surface area contributed by atoms with Gasteiger partial charge < -0.3 is 4.98 Å². The van der Waals surface area contributed by atoms with E-state index in [-0.39, 0.29) is 11.0 Å². The van der Waals surface area contributed by atoms with Gasteiger partial charge in [0.25, 0.3) is 5.56 Å². The van der Waals surface area contributed by atoms with Crippen LogP contribution in [-0.2, 0) is 5.41 Å². The molecule has 2 heteroatoms. The summed E-state index contributed by atoms with van der Waals surface area (Å²) in [5, 5.41) is 0. The molecule has 0 unspecified atom stereocenters. The zero-order chi connectivity index (χ0) is 9.90. The van der Waals surface area contributed by atoms with E-state index >= 15 is 0 Å². The quantitative estimate of drug-likeness (QED) is 0.759. The van der Waals surface area contributed by atoms with Crippen LogP contribution in [0.25, 0.3) is 0 Å². The molecule has 1 heterocycles. The number of hydrogen-bond donors (Lipinski definition) is 1. The summed E-state index contributed by atoms with van der Waals surface area (Å²) in [6.45, 7) is 6.36. The van der Waals surface area contributed by atoms with E-state index in [1.807, 2.05) is 12.1 Å². The molecule has 13 heavy (non-hydrogen) atoms. The Balaban J connectivity index is 3.07. The molecule has 0 aliphatic rings. The molecule has 0 radical (unpaired) electrons. The van der Waals surface area contributed by atoms with E-state index in [1.165, 1.54) is 0 Å². The van der Waals surface area contributed by atoms with Crippen molar-refractivity contribution < 1.29 is 0 Å². The summed E-state index contributed by atoms with van der Waals surface area (Å²) in [6.07, 6.45) is 3.81. The minimum atomic E-state index is -0.0103. The van der Waals surface area contributed by atoms with Gasteiger partial charge >= 0.3 is 0 Å². The molecule has 1 aromatic rings. The highest BCUT2D eigenvalue weighted by atomic mass is 16.1. The van der Waals surface area contributed by atoms with Crippen molar-refractivity contribution in [3.05, 3.63) is 34.2 Å². The Labute approximate surface area is 79.0 Å². The molecular formula is C11H17NO. The van der Waals surface area contributed by atoms with Crippen molar-refractivity contribution in [3.8, 4) is 0 Å². The monoisotopic (exact) mass is 179 g/mol. The Morgan fingerprint density at radius 3 is 2.69 bits per heavy atom. The molecular weight excluding hydrogens is 162 g/mol. The topological polar surface area (TPSA) is 32.9 Å². The van der Waals surface area contributed by atoms with Crippen LogP contribution in [0.2, 0.25) is 0 Å². The van der Waals surface area contributed by atoms with Gasteiger partial charge in [0.15, 0.2) is 0 Å². The third-order valence-corrected chi connectivity index (χ3v) is 2.42. The molecule has 1 rings (SSSR count). The summed E-state index contributed by atoms with van der Waals surface area (Å²) >= 11 is 0. The maximum absolute atomic E-state index is 11.5. The van der Waals surface area contributed by atoms with Crippen molar-refractivity contribution in [2.45, 2.75) is 39.0 Å². The lowest BCUT2D eigenvalue weighted by Gasteiger charge is -2.23. The van der Waals surface area contributed by atoms with E-state index in [9.17, 15) is 4.79 Å². The number of H-pyrrole nitrogens is 1. The first-order chi connectivity index (χ1) is 6.08. The number of rotatable bonds is 3. The van der Waals surface area contributed by atoms with E-state index in [1.54, 1.807) is 6.20 Å². The van der Waals surface area contributed by atoms with Gasteiger partial charge in [-0.05, 0) is 17.9 Å². The fraction of sp³-hybridized carbons (Fsp3) is 0.545. The molecule has 1 aromatic heterocycles. The second kappa shape index (κ2) is 3.77. The SMILES string of the molecule is CCCC(C)(C)c1ccc[nH]c1=O. The summed E-state index contributed by atoms with van der Waals surface area (Å²) < 4.78 is 0. The minimum absolute atomic E-state index is 0.0103. The lowest BCUT2D eigenvalue weighted by atomic mass is 9.81. The van der Waals surface area contributed by atoms with Crippen LogP contribution in [0, 0.1) is 0 Å². The zero-order valence-corrected chi connectivity index (χ0v) is 8.55. The third kappa shape index (κ3) is 2.20. The van der Waals surface area contributed by atoms with E-state index in [4.69, 9.17) is 0 Å². The summed E-state index contributed by atoms with van der Waals surface area (Å²) in [5.74, 6) is 0. The molecule has 0 saturated carbocycles. The highest BCUT2D eigenvalue weighted by Crippen LogP contribution is 2.24. The summed E-state index contributed by atoms with van der Waals surface area (Å²) in [4.78, 5) is 14.2. The van der Waals surface area contributed by atoms with Crippen LogP contribution >= 0.6 is 0 Å². The second-order valence-electron chi connectivity index (χ2n) is 4.05. The summed E-state index contributed by atoms with van der Waals surface area (Å²) in [6, 6.07) is 3.79. The maximum Gasteiger partial charge on any atom is 0.251 e. The maximum atomic E-state index is 11.5. The predicted molar refractivity (Wildman–Crippen MR) is 55.0 cm³/mol. The third-order valence-electron chi connectivity index (χ3n) is 2.42. The van der Waals surface area contributed by atoms with Gasteiger partial charge in [-0.2, -0.15) is 0 Å². The lowest BCUT2D eigenvalue weighted by molar-refractivity contribution is 0.468. The molecule has 0 spiro atoms. The molecule has 0 saturated heterocycles. The number of pyridine rings is 1. The number of aromatic nitrogens is 1. The largest absolute Gasteiger partial charge is 0.329 e. The Morgan fingerprint density at radius 1 is 1.46 bits per heavy atom. The molecule has 0 aromatic carbocycles. The highest BCUT2D eigenvalue weighted by molar-refractivity contribution is 5.19. The van der Waals surface area contributed by atoms with Crippen molar-refractivity contribution in [1.29, 1.82) is 0 Å². The van der Waals surface area contributed by atoms with Gasteiger partial charge in [0, 0.05) is 11.8 Å². The molecule has 1 N–H and O–H groups in total. The van der Waals surface area contributed by atoms with Gasteiger partial charge in [-0.3, -0.25) is 4.79 Å². The van der Waals surface area contributed by atoms with Crippen LogP contribution in [-0.4, -0.2) is 4.98 Å². The first-order valence-corrected chi connectivity index (χ1v) is 4.76. The van der Waals surface area contributed by atoms with Crippen molar-refractivity contribution >= 4 is 0 Å². The first-order valence-electron chi connectivity index (χ1n) is 4.76. The first kappa shape index (κ1) is 10.0. The van der Waals surface area contributed by atoms with E-state index < -0.39 is 0 Å². The number of nitrogens with one attached hydrogen (secondary N) is 1. The van der Waals surface area contributed by atoms with Crippen LogP contribution < -0.4 is 5.56 Å². The highest BCUT2D eigenvalue weighted by Gasteiger charge is 2.21. The van der Waals surface area contributed by atoms with Gasteiger partial charge in [0.1, 0.15) is 0 Å². The summed E-state index contributed by atoms with van der Waals surface area (Å²) in [5.41, 5.74) is 0.918. The Hall–Kier alpha value is -1.05. The molecule has 0 bridgehead atoms. The smallest absolute Gasteiger partial charge is 0.251 e. The molecule has 2 nitrogen and oxygen atoms in total. The average molecular weight is 179 g/mol. The molecule has 0 atom stereocenters. The van der Waals surface area contributed by atoms with E-state index in [0.717, 1.165) is 18.4 Å². The van der Waals surface area contributed by atoms with E-state index in [2.05, 4.69) is 25.8 Å². The van der Waals surface area contributed by atoms with Crippen molar-refractivity contribution in [3.63, 3.8) is 0 Å². The van der Waals surface area contributed by atoms with Crippen molar-refractivity contribution in [2.75, 3.05) is 0 Å². The average Bonchev–Trinajstić information content (AvgIpc) is 2.04. The van der Waals surface area contributed by atoms with Crippen LogP contribution in [0.1, 0.15) is 39.2 Å². The normalized spacial score (nSPS) is 11.6. The predicted octanol–water partition coefficient (Wildman–Crippen LogP) is 2.45. The zero-order valence-electron chi connectivity index (χ0n) is 8.55. The van der Waals surface area contributed by atoms with Crippen molar-refractivity contribution in [1.82, 2.24) is 4.98 Å². The van der Waals surface area contributed by atoms with Gasteiger partial charge in [-0.1, -0.05) is 33.3 Å². The fourth-order valence-electron chi connectivity index (χ4n) is 1.71. The molecule has 72 valence electrons.